The van der Waals surface area contributed by atoms with Gasteiger partial charge in [-0.05, 0) is 95.2 Å². The maximum Gasteiger partial charge on any atom is 0.508 e. The first kappa shape index (κ1) is 94.6. The van der Waals surface area contributed by atoms with Crippen LogP contribution in [0, 0.1) is 12.3 Å². The quantitative estimate of drug-likeness (QED) is 0.0141. The third-order valence-corrected chi connectivity index (χ3v) is 15.0. The molecule has 3 aliphatic rings. The maximum atomic E-state index is 14.4. The van der Waals surface area contributed by atoms with Crippen LogP contribution in [0.4, 0.5) is 28.8 Å². The largest absolute Gasteiger partial charge is 0.508 e. The van der Waals surface area contributed by atoms with Crippen LogP contribution in [0.1, 0.15) is 121 Å². The van der Waals surface area contributed by atoms with E-state index in [0.717, 1.165) is 21.3 Å². The second-order valence-electron chi connectivity index (χ2n) is 29.2. The fourth-order valence-corrected chi connectivity index (χ4v) is 10.5. The molecule has 0 radical (unpaired) electrons. The fraction of sp³-hybridized carbons (Fsp3) is 0.676. The molecule has 0 aromatic carbocycles. The molecule has 0 unspecified atom stereocenters. The predicted molar refractivity (Wildman–Crippen MR) is 395 cm³/mol. The number of hydrogen-bond acceptors (Lipinski definition) is 33. The molecule has 44 heteroatoms. The number of carbonyl (C=O) groups is 11. The maximum absolute atomic E-state index is 14.4. The third-order valence-electron chi connectivity index (χ3n) is 15.0. The number of hydrogen-bond donors (Lipinski definition) is 6. The SMILES string of the molecule is C#CCOCCOCCOCCOCCC(=O)N(Cc1cn(CCO[C@@H]([C@@H]2OC(C(=O)OC)=C[C@H](N/C(=N/C(=O)OC(C)(C)C)NC(=O)OC(C)(C)C)[C@H]2NC(C)=O)[C@H]2COC(=O)O2)nn1)Cc1cn(CCO[C@H](CCOC(=O)OC)[C@@H]2OC(C(=O)OC)=C[C@H](N/C(=N/C(=O)OC(C)(C)C)NC(=O)OC(C)(C)C)[C@H]2NC(C)=O)nn1. The Bertz CT molecular complexity index is 3770. The zero-order valence-electron chi connectivity index (χ0n) is 67.7. The van der Waals surface area contributed by atoms with Gasteiger partial charge in [-0.2, -0.15) is 0 Å². The van der Waals surface area contributed by atoms with E-state index in [1.807, 2.05) is 0 Å². The molecule has 9 atom stereocenters. The summed E-state index contributed by atoms with van der Waals surface area (Å²) in [6.45, 7) is 21.3. The number of guanidine groups is 2. The van der Waals surface area contributed by atoms with Crippen molar-refractivity contribution in [2.75, 3.05) is 101 Å². The molecule has 6 N–H and O–H groups in total. The highest BCUT2D eigenvalue weighted by Gasteiger charge is 2.50. The van der Waals surface area contributed by atoms with Crippen molar-refractivity contribution < 1.29 is 138 Å². The molecule has 0 aliphatic carbocycles. The molecule has 0 bridgehead atoms. The molecule has 5 heterocycles. The van der Waals surface area contributed by atoms with Crippen LogP contribution >= 0.6 is 0 Å². The number of carbonyl (C=O) groups excluding carboxylic acids is 11. The Kier molecular flexibility index (Phi) is 37.6. The van der Waals surface area contributed by atoms with Crippen molar-refractivity contribution in [1.82, 2.24) is 66.8 Å². The van der Waals surface area contributed by atoms with Crippen LogP contribution in [-0.4, -0.2) is 291 Å². The minimum absolute atomic E-state index is 0.0415. The highest BCUT2D eigenvalue weighted by Crippen LogP contribution is 2.30. The molecule has 5 rings (SSSR count). The molecular weight excluding hydrogens is 1530 g/mol. The van der Waals surface area contributed by atoms with Gasteiger partial charge in [-0.1, -0.05) is 16.3 Å². The minimum atomic E-state index is -1.49. The van der Waals surface area contributed by atoms with Crippen LogP contribution in [0.15, 0.2) is 46.0 Å². The standard InChI is InChI=1S/C71H107N15O29/c1-19-24-101-29-31-103-33-34-104-32-30-102-25-21-52(89)84(37-44-39-85(82-80-44)22-27-105-48(20-26-107-66(96)100-18)55-53(72-42(2)87)46(35-49(109-55)58(90)98-16)74-60(76-62(92)112-68(4,5)6)77-63(93)113-69(7,8)9)38-45-40-86(83-81-45)23-28-106-56(51-41-108-67(97)111-51)57-54(73-43(3)88)47(36-50(110-57)59(91)99-17)75-61(78-64(94)114-70(10,11)12)79-65(95)115-71(13,14)15/h1,35-36,39-40,46-48,51,53-57H,20-34,37-38,41H2,2-18H3,(H,72,87)(H,73,88)(H2,74,76,77,92,93)(H2,75,78,79,94,95)/t46-,47-,48+,51+,53+,54+,55-,56+,57+/m0/s1. The van der Waals surface area contributed by atoms with E-state index in [9.17, 15) is 52.7 Å². The van der Waals surface area contributed by atoms with Crippen molar-refractivity contribution >= 4 is 78.3 Å². The van der Waals surface area contributed by atoms with E-state index >= 15 is 0 Å². The zero-order chi connectivity index (χ0) is 85.2. The molecule has 1 saturated heterocycles. The molecule has 0 saturated carbocycles. The Balaban J connectivity index is 1.42. The number of methoxy groups -OCH3 is 3. The molecule has 115 heavy (non-hydrogen) atoms. The van der Waals surface area contributed by atoms with Gasteiger partial charge in [0.1, 0.15) is 59.2 Å². The molecule has 7 amide bonds. The van der Waals surface area contributed by atoms with Gasteiger partial charge >= 0.3 is 48.6 Å². The van der Waals surface area contributed by atoms with Gasteiger partial charge in [-0.3, -0.25) is 25.0 Å². The summed E-state index contributed by atoms with van der Waals surface area (Å²) in [4.78, 5) is 155. The Labute approximate surface area is 664 Å². The van der Waals surface area contributed by atoms with Crippen LogP contribution in [0.5, 0.6) is 0 Å². The van der Waals surface area contributed by atoms with E-state index in [0.29, 0.717) is 13.2 Å². The van der Waals surface area contributed by atoms with Gasteiger partial charge in [0.05, 0.1) is 163 Å². The number of rotatable bonds is 37. The van der Waals surface area contributed by atoms with Crippen molar-refractivity contribution in [3.8, 4) is 12.3 Å². The van der Waals surface area contributed by atoms with Crippen LogP contribution in [0.3, 0.4) is 0 Å². The summed E-state index contributed by atoms with van der Waals surface area (Å²) < 4.78 is 103. The summed E-state index contributed by atoms with van der Waals surface area (Å²) in [6.07, 6.45) is -3.00. The first-order chi connectivity index (χ1) is 54.1. The van der Waals surface area contributed by atoms with E-state index in [2.05, 4.69) is 73.2 Å². The Hall–Kier alpha value is -11.0. The van der Waals surface area contributed by atoms with Gasteiger partial charge in [-0.25, -0.2) is 47.7 Å². The third kappa shape index (κ3) is 35.9. The summed E-state index contributed by atoms with van der Waals surface area (Å²) in [5.74, 6) is -3.30. The van der Waals surface area contributed by atoms with Crippen molar-refractivity contribution in [3.05, 3.63) is 47.5 Å². The molecule has 44 nitrogen and oxygen atoms in total. The minimum Gasteiger partial charge on any atom is -0.478 e. The highest BCUT2D eigenvalue weighted by molar-refractivity contribution is 6.00. The lowest BCUT2D eigenvalue weighted by Crippen LogP contribution is -2.65. The molecule has 0 spiro atoms. The number of cyclic esters (lactones) is 2. The van der Waals surface area contributed by atoms with Crippen molar-refractivity contribution in [3.63, 3.8) is 0 Å². The topological polar surface area (TPSA) is 515 Å². The lowest BCUT2D eigenvalue weighted by atomic mass is 9.91. The van der Waals surface area contributed by atoms with Gasteiger partial charge in [0.25, 0.3) is 0 Å². The summed E-state index contributed by atoms with van der Waals surface area (Å²) in [5.41, 5.74) is -3.63. The molecule has 3 aliphatic heterocycles. The van der Waals surface area contributed by atoms with E-state index in [-0.39, 0.29) is 110 Å². The zero-order valence-corrected chi connectivity index (χ0v) is 67.7. The molecule has 640 valence electrons. The van der Waals surface area contributed by atoms with Crippen LogP contribution < -0.4 is 31.9 Å². The molecule has 1 fully saturated rings. The fourth-order valence-electron chi connectivity index (χ4n) is 10.5. The number of nitrogens with one attached hydrogen (secondary N) is 6. The van der Waals surface area contributed by atoms with Gasteiger partial charge in [-0.15, -0.1) is 26.6 Å². The van der Waals surface area contributed by atoms with Crippen LogP contribution in [0.25, 0.3) is 0 Å². The van der Waals surface area contributed by atoms with Crippen molar-refractivity contribution in [2.24, 2.45) is 9.98 Å². The summed E-state index contributed by atoms with van der Waals surface area (Å²) in [7, 11) is 3.25. The molecule has 2 aromatic heterocycles. The Morgan fingerprint density at radius 2 is 1.02 bits per heavy atom. The number of amides is 7. The monoisotopic (exact) mass is 1630 g/mol. The highest BCUT2D eigenvalue weighted by atomic mass is 16.8. The van der Waals surface area contributed by atoms with E-state index in [1.165, 1.54) is 52.7 Å². The average molecular weight is 1630 g/mol. The number of aliphatic imine (C=N–C) groups is 2. The molecular formula is C71H107N15O29. The number of aromatic nitrogens is 6. The van der Waals surface area contributed by atoms with E-state index in [4.69, 9.17) is 87.0 Å². The van der Waals surface area contributed by atoms with Crippen LogP contribution in [0.2, 0.25) is 0 Å². The Morgan fingerprint density at radius 1 is 0.574 bits per heavy atom. The van der Waals surface area contributed by atoms with Crippen LogP contribution in [-0.2, 0) is 135 Å². The average Bonchev–Trinajstić information content (AvgIpc) is 1.76. The number of nitrogens with zero attached hydrogens (tertiary/aromatic N) is 9. The summed E-state index contributed by atoms with van der Waals surface area (Å²) in [6, 6.07) is -5.20. The van der Waals surface area contributed by atoms with Gasteiger partial charge in [0.15, 0.2) is 12.2 Å². The number of alkyl carbamates (subject to hydrolysis) is 2. The lowest BCUT2D eigenvalue weighted by molar-refractivity contribution is -0.152. The van der Waals surface area contributed by atoms with Gasteiger partial charge in [0.2, 0.25) is 41.2 Å². The number of esters is 2. The van der Waals surface area contributed by atoms with E-state index in [1.54, 1.807) is 83.1 Å². The smallest absolute Gasteiger partial charge is 0.478 e. The molecule has 2 aromatic rings. The van der Waals surface area contributed by atoms with Gasteiger partial charge in [0, 0.05) is 20.3 Å². The van der Waals surface area contributed by atoms with Crippen molar-refractivity contribution in [1.29, 1.82) is 0 Å². The second-order valence-corrected chi connectivity index (χ2v) is 29.2. The predicted octanol–water partition coefficient (Wildman–Crippen LogP) is 2.44. The lowest BCUT2D eigenvalue weighted by Gasteiger charge is -2.41. The first-order valence-electron chi connectivity index (χ1n) is 36.4. The summed E-state index contributed by atoms with van der Waals surface area (Å²) >= 11 is 0. The second kappa shape index (κ2) is 45.8. The first-order valence-corrected chi connectivity index (χ1v) is 36.4. The van der Waals surface area contributed by atoms with E-state index < -0.39 is 173 Å². The number of ether oxygens (including phenoxy) is 18. The number of terminal acetylenes is 1. The normalized spacial score (nSPS) is 18.9. The van der Waals surface area contributed by atoms with Crippen molar-refractivity contribution in [2.45, 2.75) is 213 Å². The summed E-state index contributed by atoms with van der Waals surface area (Å²) in [5, 5.41) is 33.3. The Morgan fingerprint density at radius 3 is 1.44 bits per heavy atom. The van der Waals surface area contributed by atoms with Gasteiger partial charge < -0.3 is 111 Å².